The van der Waals surface area contributed by atoms with E-state index in [1.807, 2.05) is 41.1 Å². The van der Waals surface area contributed by atoms with Crippen molar-refractivity contribution in [3.63, 3.8) is 0 Å². The fourth-order valence-corrected chi connectivity index (χ4v) is 4.38. The van der Waals surface area contributed by atoms with Crippen molar-refractivity contribution in [3.05, 3.63) is 126 Å². The van der Waals surface area contributed by atoms with Crippen molar-refractivity contribution in [2.45, 2.75) is 18.5 Å². The van der Waals surface area contributed by atoms with Crippen LogP contribution in [0.1, 0.15) is 35.2 Å². The first-order valence-electron chi connectivity index (χ1n) is 11.1. The molecule has 2 unspecified atom stereocenters. The summed E-state index contributed by atoms with van der Waals surface area (Å²) < 4.78 is 1.88. The van der Waals surface area contributed by atoms with Crippen LogP contribution in [0.25, 0.3) is 16.7 Å². The Labute approximate surface area is 192 Å². The van der Waals surface area contributed by atoms with Gasteiger partial charge in [-0.25, -0.2) is 4.68 Å². The van der Waals surface area contributed by atoms with E-state index >= 15 is 0 Å². The Hall–Kier alpha value is -3.84. The summed E-state index contributed by atoms with van der Waals surface area (Å²) in [6, 6.07) is 37.4. The Morgan fingerprint density at radius 2 is 1.00 bits per heavy atom. The van der Waals surface area contributed by atoms with E-state index < -0.39 is 0 Å². The van der Waals surface area contributed by atoms with Crippen LogP contribution in [0.2, 0.25) is 0 Å². The van der Waals surface area contributed by atoms with E-state index in [0.29, 0.717) is 0 Å². The molecular weight excluding hydrogens is 408 g/mol. The van der Waals surface area contributed by atoms with Crippen molar-refractivity contribution in [2.24, 2.45) is 0 Å². The molecular formula is C27H24N6. The van der Waals surface area contributed by atoms with Crippen LogP contribution in [0.5, 0.6) is 0 Å². The molecule has 5 aromatic rings. The minimum absolute atomic E-state index is 0.0154. The minimum Gasteiger partial charge on any atom is -0.279 e. The quantitative estimate of drug-likeness (QED) is 0.387. The van der Waals surface area contributed by atoms with E-state index in [4.69, 9.17) is 0 Å². The molecule has 162 valence electrons. The second-order valence-corrected chi connectivity index (χ2v) is 8.20. The van der Waals surface area contributed by atoms with Gasteiger partial charge in [-0.2, -0.15) is 0 Å². The number of rotatable bonds is 4. The summed E-state index contributed by atoms with van der Waals surface area (Å²) >= 11 is 0. The SMILES string of the molecule is c1ccc(C2NC(c3ccccc3)NC(c3ccc(-n4nnc5ccccc54)cc3)N2)cc1. The van der Waals surface area contributed by atoms with Gasteiger partial charge in [-0.1, -0.05) is 90.1 Å². The van der Waals surface area contributed by atoms with Crippen LogP contribution in [-0.4, -0.2) is 15.0 Å². The predicted octanol–water partition coefficient (Wildman–Crippen LogP) is 4.60. The fourth-order valence-electron chi connectivity index (χ4n) is 4.38. The summed E-state index contributed by atoms with van der Waals surface area (Å²) in [5, 5.41) is 19.7. The zero-order valence-electron chi connectivity index (χ0n) is 18.0. The standard InChI is InChI=1S/C27H24N6/c1-3-9-19(10-4-1)25-28-26(20-11-5-2-6-12-20)30-27(29-25)21-15-17-22(18-16-21)33-24-14-8-7-13-23(24)31-32-33/h1-18,25-30H. The fraction of sp³-hybridized carbons (Fsp3) is 0.111. The number of benzene rings is 4. The van der Waals surface area contributed by atoms with Crippen LogP contribution in [0.15, 0.2) is 109 Å². The van der Waals surface area contributed by atoms with Gasteiger partial charge in [0, 0.05) is 0 Å². The zero-order chi connectivity index (χ0) is 22.0. The molecule has 1 fully saturated rings. The van der Waals surface area contributed by atoms with E-state index in [0.717, 1.165) is 22.3 Å². The van der Waals surface area contributed by atoms with Gasteiger partial charge in [0.2, 0.25) is 0 Å². The molecule has 4 aromatic carbocycles. The number of fused-ring (bicyclic) bond motifs is 1. The van der Waals surface area contributed by atoms with Gasteiger partial charge in [-0.3, -0.25) is 16.0 Å². The van der Waals surface area contributed by atoms with Crippen molar-refractivity contribution >= 4 is 11.0 Å². The first kappa shape index (κ1) is 19.8. The lowest BCUT2D eigenvalue weighted by Crippen LogP contribution is -2.54. The predicted molar refractivity (Wildman–Crippen MR) is 129 cm³/mol. The molecule has 0 spiro atoms. The largest absolute Gasteiger partial charge is 0.279 e. The Morgan fingerprint density at radius 1 is 0.515 bits per heavy atom. The van der Waals surface area contributed by atoms with Gasteiger partial charge < -0.3 is 0 Å². The first-order valence-corrected chi connectivity index (χ1v) is 11.1. The highest BCUT2D eigenvalue weighted by atomic mass is 15.4. The molecule has 2 atom stereocenters. The zero-order valence-corrected chi connectivity index (χ0v) is 18.0. The number of nitrogens with zero attached hydrogens (tertiary/aromatic N) is 3. The Balaban J connectivity index is 1.31. The molecule has 6 nitrogen and oxygen atoms in total. The molecule has 0 bridgehead atoms. The van der Waals surface area contributed by atoms with Crippen LogP contribution in [0.3, 0.4) is 0 Å². The molecule has 1 saturated heterocycles. The molecule has 6 heteroatoms. The number of aromatic nitrogens is 3. The van der Waals surface area contributed by atoms with Crippen molar-refractivity contribution < 1.29 is 0 Å². The Morgan fingerprint density at radius 3 is 1.58 bits per heavy atom. The van der Waals surface area contributed by atoms with Gasteiger partial charge in [0.15, 0.2) is 0 Å². The molecule has 0 saturated carbocycles. The van der Waals surface area contributed by atoms with Gasteiger partial charge in [-0.15, -0.1) is 5.10 Å². The lowest BCUT2D eigenvalue weighted by atomic mass is 10.0. The van der Waals surface area contributed by atoms with Crippen LogP contribution < -0.4 is 16.0 Å². The maximum atomic E-state index is 4.34. The van der Waals surface area contributed by atoms with Gasteiger partial charge in [0.1, 0.15) is 5.52 Å². The normalized spacial score (nSPS) is 20.7. The molecule has 0 amide bonds. The summed E-state index contributed by atoms with van der Waals surface area (Å²) in [7, 11) is 0. The third-order valence-corrected chi connectivity index (χ3v) is 6.09. The monoisotopic (exact) mass is 432 g/mol. The molecule has 3 N–H and O–H groups in total. The Bertz CT molecular complexity index is 1300. The van der Waals surface area contributed by atoms with Gasteiger partial charge in [0.05, 0.1) is 29.7 Å². The van der Waals surface area contributed by atoms with Crippen LogP contribution >= 0.6 is 0 Å². The average Bonchev–Trinajstić information content (AvgIpc) is 3.34. The maximum absolute atomic E-state index is 4.34. The van der Waals surface area contributed by atoms with Crippen molar-refractivity contribution in [3.8, 4) is 5.69 Å². The van der Waals surface area contributed by atoms with Crippen LogP contribution in [0.4, 0.5) is 0 Å². The lowest BCUT2D eigenvalue weighted by Gasteiger charge is -2.39. The van der Waals surface area contributed by atoms with E-state index in [1.165, 1.54) is 11.1 Å². The minimum atomic E-state index is -0.0248. The molecule has 1 aliphatic heterocycles. The van der Waals surface area contributed by atoms with E-state index in [1.54, 1.807) is 0 Å². The molecule has 0 radical (unpaired) electrons. The Kier molecular flexibility index (Phi) is 5.16. The average molecular weight is 433 g/mol. The van der Waals surface area contributed by atoms with Gasteiger partial charge in [-0.05, 0) is 41.0 Å². The van der Waals surface area contributed by atoms with Crippen LogP contribution in [0, 0.1) is 0 Å². The second kappa shape index (κ2) is 8.60. The molecule has 2 heterocycles. The number of para-hydroxylation sites is 1. The van der Waals surface area contributed by atoms with E-state index in [2.05, 4.69) is 99.1 Å². The molecule has 6 rings (SSSR count). The highest BCUT2D eigenvalue weighted by Gasteiger charge is 2.29. The van der Waals surface area contributed by atoms with Crippen molar-refractivity contribution in [2.75, 3.05) is 0 Å². The molecule has 0 aliphatic carbocycles. The topological polar surface area (TPSA) is 66.8 Å². The number of hydrogen-bond acceptors (Lipinski definition) is 5. The molecule has 1 aromatic heterocycles. The van der Waals surface area contributed by atoms with E-state index in [9.17, 15) is 0 Å². The lowest BCUT2D eigenvalue weighted by molar-refractivity contribution is 0.203. The van der Waals surface area contributed by atoms with Gasteiger partial charge >= 0.3 is 0 Å². The van der Waals surface area contributed by atoms with Crippen molar-refractivity contribution in [1.29, 1.82) is 0 Å². The summed E-state index contributed by atoms with van der Waals surface area (Å²) in [5.41, 5.74) is 6.44. The third-order valence-electron chi connectivity index (χ3n) is 6.09. The van der Waals surface area contributed by atoms with Gasteiger partial charge in [0.25, 0.3) is 0 Å². The van der Waals surface area contributed by atoms with E-state index in [-0.39, 0.29) is 18.5 Å². The smallest absolute Gasteiger partial charge is 0.113 e. The molecule has 1 aliphatic rings. The summed E-state index contributed by atoms with van der Waals surface area (Å²) in [5.74, 6) is 0. The number of nitrogens with one attached hydrogen (secondary N) is 3. The summed E-state index contributed by atoms with van der Waals surface area (Å²) in [4.78, 5) is 0. The second-order valence-electron chi connectivity index (χ2n) is 8.20. The summed E-state index contributed by atoms with van der Waals surface area (Å²) in [6.07, 6.45) is 0.00591. The van der Waals surface area contributed by atoms with Crippen LogP contribution in [-0.2, 0) is 0 Å². The number of hydrogen-bond donors (Lipinski definition) is 3. The summed E-state index contributed by atoms with van der Waals surface area (Å²) in [6.45, 7) is 0. The van der Waals surface area contributed by atoms with Crippen molar-refractivity contribution in [1.82, 2.24) is 30.9 Å². The highest BCUT2D eigenvalue weighted by molar-refractivity contribution is 5.75. The maximum Gasteiger partial charge on any atom is 0.113 e. The first-order chi connectivity index (χ1) is 16.3. The molecule has 33 heavy (non-hydrogen) atoms. The third kappa shape index (κ3) is 3.91. The highest BCUT2D eigenvalue weighted by Crippen LogP contribution is 2.27.